The second-order valence-corrected chi connectivity index (χ2v) is 19.7. The molecular formula is C62H50N4O10. The summed E-state index contributed by atoms with van der Waals surface area (Å²) in [5, 5.41) is 71.9. The van der Waals surface area contributed by atoms with Gasteiger partial charge in [0.25, 0.3) is 23.6 Å². The summed E-state index contributed by atoms with van der Waals surface area (Å²) in [5.74, 6) is -2.73. The molecule has 0 aliphatic carbocycles. The summed E-state index contributed by atoms with van der Waals surface area (Å²) in [5.41, 5.74) is 7.94. The van der Waals surface area contributed by atoms with Crippen LogP contribution in [-0.4, -0.2) is 63.4 Å². The van der Waals surface area contributed by atoms with Gasteiger partial charge in [-0.3, -0.25) is 28.3 Å². The minimum atomic E-state index is -0.739. The predicted octanol–water partition coefficient (Wildman–Crippen LogP) is 10.3. The van der Waals surface area contributed by atoms with E-state index in [9.17, 15) is 49.8 Å². The molecular weight excluding hydrogens is 961 g/mol. The van der Waals surface area contributed by atoms with Crippen LogP contribution in [0.1, 0.15) is 70.8 Å². The number of carbonyl (C=O) groups excluding carboxylic acids is 4. The van der Waals surface area contributed by atoms with E-state index in [1.807, 2.05) is 93.6 Å². The van der Waals surface area contributed by atoms with Crippen molar-refractivity contribution in [2.75, 3.05) is 9.80 Å². The maximum atomic E-state index is 12.4. The Balaban J connectivity index is 0.960. The average Bonchev–Trinajstić information content (AvgIpc) is 4.11. The molecule has 0 unspecified atom stereocenters. The summed E-state index contributed by atoms with van der Waals surface area (Å²) < 4.78 is 2.62. The van der Waals surface area contributed by atoms with Gasteiger partial charge in [-0.25, -0.2) is 9.80 Å². The number of aryl methyl sites for hydroxylation is 1. The zero-order valence-electron chi connectivity index (χ0n) is 41.5. The number of aromatic hydroxyl groups is 6. The monoisotopic (exact) mass is 1010 g/mol. The summed E-state index contributed by atoms with van der Waals surface area (Å²) in [6.45, 7) is 6.03. The van der Waals surface area contributed by atoms with Gasteiger partial charge in [0.2, 0.25) is 17.6 Å². The first-order chi connectivity index (χ1) is 36.5. The first-order valence-electron chi connectivity index (χ1n) is 24.7. The first-order valence-corrected chi connectivity index (χ1v) is 24.7. The number of rotatable bonds is 13. The van der Waals surface area contributed by atoms with Gasteiger partial charge in [-0.15, -0.1) is 0 Å². The summed E-state index contributed by atoms with van der Waals surface area (Å²) in [6, 6.07) is 40.9. The topological polar surface area (TPSA) is 206 Å². The van der Waals surface area contributed by atoms with E-state index < -0.39 is 29.0 Å². The Morgan fingerprint density at radius 3 is 1.34 bits per heavy atom. The number of imide groups is 2. The van der Waals surface area contributed by atoms with E-state index in [2.05, 4.69) is 0 Å². The summed E-state index contributed by atoms with van der Waals surface area (Å²) in [6.07, 6.45) is 6.52. The number of hydrogen-bond acceptors (Lipinski definition) is 10. The van der Waals surface area contributed by atoms with E-state index in [1.54, 1.807) is 60.7 Å². The second kappa shape index (κ2) is 18.6. The minimum Gasteiger partial charge on any atom is -0.508 e. The molecule has 14 heteroatoms. The molecule has 0 saturated carbocycles. The van der Waals surface area contributed by atoms with Gasteiger partial charge >= 0.3 is 0 Å². The minimum absolute atomic E-state index is 0.0440. The van der Waals surface area contributed by atoms with Crippen LogP contribution in [0.25, 0.3) is 32.9 Å². The van der Waals surface area contributed by atoms with E-state index in [4.69, 9.17) is 0 Å². The molecule has 0 saturated heterocycles. The molecule has 0 fully saturated rings. The van der Waals surface area contributed by atoms with Crippen molar-refractivity contribution < 1.29 is 49.8 Å². The van der Waals surface area contributed by atoms with Gasteiger partial charge in [0, 0.05) is 53.2 Å². The van der Waals surface area contributed by atoms with Crippen molar-refractivity contribution in [2.24, 2.45) is 0 Å². The molecule has 6 N–H and O–H groups in total. The Labute approximate surface area is 435 Å². The van der Waals surface area contributed by atoms with Crippen molar-refractivity contribution in [1.29, 1.82) is 0 Å². The zero-order chi connectivity index (χ0) is 53.3. The van der Waals surface area contributed by atoms with E-state index in [-0.39, 0.29) is 57.6 Å². The zero-order valence-corrected chi connectivity index (χ0v) is 41.5. The number of amides is 4. The molecule has 378 valence electrons. The van der Waals surface area contributed by atoms with Gasteiger partial charge < -0.3 is 30.6 Å². The highest BCUT2D eigenvalue weighted by atomic mass is 16.3. The van der Waals surface area contributed by atoms with Crippen LogP contribution < -0.4 is 9.80 Å². The smallest absolute Gasteiger partial charge is 0.258 e. The Hall–Kier alpha value is -9.82. The lowest BCUT2D eigenvalue weighted by atomic mass is 9.75. The highest BCUT2D eigenvalue weighted by Gasteiger charge is 2.32. The van der Waals surface area contributed by atoms with Crippen LogP contribution in [0.3, 0.4) is 0 Å². The Morgan fingerprint density at radius 1 is 0.408 bits per heavy atom. The molecule has 2 aliphatic rings. The molecule has 2 aromatic heterocycles. The average molecular weight is 1010 g/mol. The first kappa shape index (κ1) is 48.4. The molecule has 0 atom stereocenters. The molecule has 0 spiro atoms. The SMILES string of the molecule is CCc1cc(C(C)(C)c2ccc(O)c3c2cc(Cc2cc(O)n(-c4ccc(Cc5ccc(N6C(=O)C=CC6=O)cc5)cc4)c2O)c2c(O)n(-c4ccc(Cc5ccc(N6C(=O)C=CC6=O)cc5)cc4)c(O)c23)ccc1O. The Morgan fingerprint density at radius 2 is 0.855 bits per heavy atom. The Bertz CT molecular complexity index is 3900. The van der Waals surface area contributed by atoms with Crippen molar-refractivity contribution in [2.45, 2.75) is 51.9 Å². The summed E-state index contributed by atoms with van der Waals surface area (Å²) in [4.78, 5) is 51.0. The van der Waals surface area contributed by atoms with Crippen LogP contribution >= 0.6 is 0 Å². The molecule has 0 radical (unpaired) electrons. The third-order valence-corrected chi connectivity index (χ3v) is 14.7. The lowest BCUT2D eigenvalue weighted by Gasteiger charge is -2.29. The van der Waals surface area contributed by atoms with Gasteiger partial charge in [-0.1, -0.05) is 87.5 Å². The van der Waals surface area contributed by atoms with Crippen molar-refractivity contribution in [1.82, 2.24) is 9.13 Å². The number of fused-ring (bicyclic) bond motifs is 3. The molecule has 76 heavy (non-hydrogen) atoms. The molecule has 11 rings (SSSR count). The lowest BCUT2D eigenvalue weighted by Crippen LogP contribution is -2.29. The molecule has 4 amide bonds. The lowest BCUT2D eigenvalue weighted by molar-refractivity contribution is -0.121. The van der Waals surface area contributed by atoms with E-state index in [0.29, 0.717) is 58.5 Å². The quantitative estimate of drug-likeness (QED) is 0.0603. The number of carbonyl (C=O) groups is 4. The van der Waals surface area contributed by atoms with E-state index in [1.165, 1.54) is 39.5 Å². The molecule has 2 aliphatic heterocycles. The molecule has 7 aromatic carbocycles. The van der Waals surface area contributed by atoms with Gasteiger partial charge in [0.15, 0.2) is 5.88 Å². The van der Waals surface area contributed by atoms with Crippen molar-refractivity contribution >= 4 is 56.5 Å². The van der Waals surface area contributed by atoms with Crippen LogP contribution in [0.2, 0.25) is 0 Å². The van der Waals surface area contributed by atoms with Crippen LogP contribution in [0, 0.1) is 0 Å². The highest BCUT2D eigenvalue weighted by Crippen LogP contribution is 2.51. The summed E-state index contributed by atoms with van der Waals surface area (Å²) >= 11 is 0. The van der Waals surface area contributed by atoms with E-state index >= 15 is 0 Å². The fourth-order valence-electron chi connectivity index (χ4n) is 10.7. The standard InChI is InChI=1S/C62H50N4O10/c1-4-39-32-42(13-23-49(39)67)62(2,3)48-22-24-50(68)57-47(48)33-40(31-41-34-55(73)65(59(41)74)45-18-9-37(10-19-45)29-35-5-14-43(15-6-35)63-51(69)25-26-52(63)70)56-58(57)61(76)66(60(56)75)46-20-11-38(12-21-46)30-36-7-16-44(17-8-36)64-53(71)27-28-54(64)72/h5-28,32-34,67-68,73-76H,4,29-31H2,1-3H3. The predicted molar refractivity (Wildman–Crippen MR) is 289 cm³/mol. The highest BCUT2D eigenvalue weighted by molar-refractivity contribution is 6.29. The largest absolute Gasteiger partial charge is 0.508 e. The van der Waals surface area contributed by atoms with Gasteiger partial charge in [0.1, 0.15) is 11.5 Å². The number of phenolic OH excluding ortho intramolecular Hbond substituents is 2. The maximum Gasteiger partial charge on any atom is 0.258 e. The van der Waals surface area contributed by atoms with Gasteiger partial charge in [-0.2, -0.15) is 0 Å². The van der Waals surface area contributed by atoms with Crippen LogP contribution in [-0.2, 0) is 50.3 Å². The van der Waals surface area contributed by atoms with Gasteiger partial charge in [0.05, 0.1) is 33.5 Å². The third-order valence-electron chi connectivity index (χ3n) is 14.7. The van der Waals surface area contributed by atoms with Crippen LogP contribution in [0.4, 0.5) is 11.4 Å². The molecule has 9 aromatic rings. The number of aromatic nitrogens is 2. The third kappa shape index (κ3) is 8.25. The number of phenols is 2. The Kier molecular flexibility index (Phi) is 11.8. The second-order valence-electron chi connectivity index (χ2n) is 19.7. The van der Waals surface area contributed by atoms with Crippen molar-refractivity contribution in [3.8, 4) is 46.4 Å². The fraction of sp³-hybridized carbons (Fsp3) is 0.129. The molecule has 4 heterocycles. The number of nitrogens with zero attached hydrogens (tertiary/aromatic N) is 4. The van der Waals surface area contributed by atoms with Crippen molar-refractivity contribution in [3.63, 3.8) is 0 Å². The molecule has 14 nitrogen and oxygen atoms in total. The van der Waals surface area contributed by atoms with E-state index in [0.717, 1.165) is 48.7 Å². The number of benzene rings is 7. The van der Waals surface area contributed by atoms with Crippen LogP contribution in [0.15, 0.2) is 164 Å². The number of hydrogen-bond donors (Lipinski definition) is 6. The number of anilines is 2. The normalized spacial score (nSPS) is 13.7. The summed E-state index contributed by atoms with van der Waals surface area (Å²) in [7, 11) is 0. The van der Waals surface area contributed by atoms with Crippen molar-refractivity contribution in [3.05, 3.63) is 214 Å². The maximum absolute atomic E-state index is 12.4. The molecule has 0 bridgehead atoms. The van der Waals surface area contributed by atoms with Crippen LogP contribution in [0.5, 0.6) is 35.0 Å². The van der Waals surface area contributed by atoms with Gasteiger partial charge in [-0.05, 0) is 136 Å². The fourth-order valence-corrected chi connectivity index (χ4v) is 10.7.